The van der Waals surface area contributed by atoms with Gasteiger partial charge in [0, 0.05) is 49.8 Å². The molecule has 1 fully saturated rings. The van der Waals surface area contributed by atoms with Crippen LogP contribution in [0.25, 0.3) is 0 Å². The second-order valence-electron chi connectivity index (χ2n) is 6.60. The van der Waals surface area contributed by atoms with Crippen molar-refractivity contribution in [3.63, 3.8) is 0 Å². The van der Waals surface area contributed by atoms with E-state index < -0.39 is 0 Å². The molecule has 2 aliphatic rings. The number of aromatic nitrogens is 2. The van der Waals surface area contributed by atoms with Gasteiger partial charge >= 0.3 is 0 Å². The number of ether oxygens (including phenoxy) is 1. The highest BCUT2D eigenvalue weighted by atomic mass is 32.1. The fraction of sp³-hybridized carbons (Fsp3) is 0.588. The van der Waals surface area contributed by atoms with Gasteiger partial charge in [-0.1, -0.05) is 6.07 Å². The van der Waals surface area contributed by atoms with Crippen molar-refractivity contribution in [1.29, 1.82) is 0 Å². The number of thiophene rings is 1. The summed E-state index contributed by atoms with van der Waals surface area (Å²) in [5.74, 6) is 1.37. The van der Waals surface area contributed by atoms with Gasteiger partial charge in [-0.2, -0.15) is 5.10 Å². The lowest BCUT2D eigenvalue weighted by atomic mass is 10.1. The van der Waals surface area contributed by atoms with E-state index in [-0.39, 0.29) is 0 Å². The van der Waals surface area contributed by atoms with Gasteiger partial charge in [-0.25, -0.2) is 0 Å². The lowest BCUT2D eigenvalue weighted by Crippen LogP contribution is -2.30. The van der Waals surface area contributed by atoms with E-state index in [0.29, 0.717) is 5.92 Å². The highest BCUT2D eigenvalue weighted by molar-refractivity contribution is 7.09. The van der Waals surface area contributed by atoms with Crippen LogP contribution in [-0.4, -0.2) is 34.4 Å². The van der Waals surface area contributed by atoms with Crippen molar-refractivity contribution in [2.45, 2.75) is 32.5 Å². The van der Waals surface area contributed by atoms with E-state index >= 15 is 0 Å². The van der Waals surface area contributed by atoms with Crippen LogP contribution in [0.1, 0.15) is 23.4 Å². The van der Waals surface area contributed by atoms with Gasteiger partial charge < -0.3 is 4.74 Å². The Labute approximate surface area is 135 Å². The van der Waals surface area contributed by atoms with E-state index in [2.05, 4.69) is 38.3 Å². The summed E-state index contributed by atoms with van der Waals surface area (Å²) in [5.41, 5.74) is 1.32. The monoisotopic (exact) mass is 317 g/mol. The molecular weight excluding hydrogens is 294 g/mol. The van der Waals surface area contributed by atoms with Crippen LogP contribution in [0.4, 0.5) is 0 Å². The Morgan fingerprint density at radius 3 is 2.91 bits per heavy atom. The molecular formula is C17H23N3OS. The van der Waals surface area contributed by atoms with Gasteiger partial charge in [0.2, 0.25) is 0 Å². The molecule has 4 rings (SSSR count). The number of hydrogen-bond acceptors (Lipinski definition) is 4. The summed E-state index contributed by atoms with van der Waals surface area (Å²) in [6.45, 7) is 5.89. The second-order valence-corrected chi connectivity index (χ2v) is 7.63. The standard InChI is InChI=1S/C17H23N3OS/c1-2-17(22-7-1)11-19-8-15(13-21-12-14-3-4-14)9-20-16(10-19)5-6-18-20/h1-2,5-7,14-15H,3-4,8-13H2/t15-/m1/s1. The van der Waals surface area contributed by atoms with E-state index in [1.807, 2.05) is 17.5 Å². The molecule has 0 amide bonds. The molecule has 1 atom stereocenters. The molecule has 0 bridgehead atoms. The van der Waals surface area contributed by atoms with Crippen LogP contribution >= 0.6 is 11.3 Å². The van der Waals surface area contributed by atoms with Gasteiger partial charge in [0.15, 0.2) is 0 Å². The van der Waals surface area contributed by atoms with Crippen molar-refractivity contribution in [2.75, 3.05) is 19.8 Å². The third kappa shape index (κ3) is 3.59. The van der Waals surface area contributed by atoms with Gasteiger partial charge in [-0.05, 0) is 36.3 Å². The predicted molar refractivity (Wildman–Crippen MR) is 87.7 cm³/mol. The molecule has 4 nitrogen and oxygen atoms in total. The topological polar surface area (TPSA) is 30.3 Å². The molecule has 22 heavy (non-hydrogen) atoms. The Morgan fingerprint density at radius 2 is 2.09 bits per heavy atom. The normalized spacial score (nSPS) is 22.5. The van der Waals surface area contributed by atoms with Crippen molar-refractivity contribution in [3.8, 4) is 0 Å². The maximum absolute atomic E-state index is 5.96. The lowest BCUT2D eigenvalue weighted by molar-refractivity contribution is 0.0698. The molecule has 1 saturated carbocycles. The first-order valence-corrected chi connectivity index (χ1v) is 9.08. The fourth-order valence-electron chi connectivity index (χ4n) is 3.15. The van der Waals surface area contributed by atoms with Crippen LogP contribution in [0.3, 0.4) is 0 Å². The number of hydrogen-bond donors (Lipinski definition) is 0. The summed E-state index contributed by atoms with van der Waals surface area (Å²) in [4.78, 5) is 3.97. The number of rotatable bonds is 6. The zero-order chi connectivity index (χ0) is 14.8. The quantitative estimate of drug-likeness (QED) is 0.820. The molecule has 1 aliphatic heterocycles. The Kier molecular flexibility index (Phi) is 4.28. The van der Waals surface area contributed by atoms with Crippen molar-refractivity contribution in [3.05, 3.63) is 40.3 Å². The first-order chi connectivity index (χ1) is 10.9. The molecule has 5 heteroatoms. The second kappa shape index (κ2) is 6.52. The minimum absolute atomic E-state index is 0.528. The molecule has 2 aromatic rings. The minimum atomic E-state index is 0.528. The van der Waals surface area contributed by atoms with Crippen molar-refractivity contribution in [1.82, 2.24) is 14.7 Å². The molecule has 0 aromatic carbocycles. The van der Waals surface area contributed by atoms with Gasteiger partial charge in [0.1, 0.15) is 0 Å². The van der Waals surface area contributed by atoms with Crippen molar-refractivity contribution >= 4 is 11.3 Å². The van der Waals surface area contributed by atoms with E-state index in [4.69, 9.17) is 4.74 Å². The van der Waals surface area contributed by atoms with Gasteiger partial charge in [-0.15, -0.1) is 11.3 Å². The van der Waals surface area contributed by atoms with Gasteiger partial charge in [-0.3, -0.25) is 9.58 Å². The van der Waals surface area contributed by atoms with Crippen LogP contribution in [-0.2, 0) is 24.4 Å². The highest BCUT2D eigenvalue weighted by Crippen LogP contribution is 2.29. The molecule has 3 heterocycles. The van der Waals surface area contributed by atoms with Gasteiger partial charge in [0.05, 0.1) is 12.3 Å². The average molecular weight is 317 g/mol. The molecule has 0 radical (unpaired) electrons. The Bertz CT molecular complexity index is 591. The zero-order valence-electron chi connectivity index (χ0n) is 12.9. The minimum Gasteiger partial charge on any atom is -0.381 e. The summed E-state index contributed by atoms with van der Waals surface area (Å²) in [6.07, 6.45) is 4.64. The summed E-state index contributed by atoms with van der Waals surface area (Å²) < 4.78 is 8.13. The zero-order valence-corrected chi connectivity index (χ0v) is 13.7. The third-order valence-electron chi connectivity index (χ3n) is 4.50. The fourth-order valence-corrected chi connectivity index (χ4v) is 3.90. The molecule has 0 N–H and O–H groups in total. The first kappa shape index (κ1) is 14.4. The van der Waals surface area contributed by atoms with Crippen molar-refractivity contribution < 1.29 is 4.74 Å². The maximum Gasteiger partial charge on any atom is 0.0524 e. The molecule has 1 aliphatic carbocycles. The average Bonchev–Trinajstić information content (AvgIpc) is 3.06. The van der Waals surface area contributed by atoms with E-state index in [1.165, 1.54) is 23.4 Å². The first-order valence-electron chi connectivity index (χ1n) is 8.20. The number of nitrogens with zero attached hydrogens (tertiary/aromatic N) is 3. The maximum atomic E-state index is 5.96. The lowest BCUT2D eigenvalue weighted by Gasteiger charge is -2.23. The Hall–Kier alpha value is -1.17. The molecule has 2 aromatic heterocycles. The summed E-state index contributed by atoms with van der Waals surface area (Å²) in [6, 6.07) is 6.51. The van der Waals surface area contributed by atoms with E-state index in [0.717, 1.165) is 45.3 Å². The van der Waals surface area contributed by atoms with E-state index in [1.54, 1.807) is 0 Å². The van der Waals surface area contributed by atoms with Gasteiger partial charge in [0.25, 0.3) is 0 Å². The van der Waals surface area contributed by atoms with E-state index in [9.17, 15) is 0 Å². The smallest absolute Gasteiger partial charge is 0.0524 e. The SMILES string of the molecule is c1csc(CN2Cc3ccnn3C[C@H](COCC3CC3)C2)c1. The third-order valence-corrected chi connectivity index (χ3v) is 5.36. The van der Waals surface area contributed by atoms with Crippen LogP contribution in [0.5, 0.6) is 0 Å². The van der Waals surface area contributed by atoms with Crippen LogP contribution in [0.2, 0.25) is 0 Å². The Balaban J connectivity index is 1.42. The summed E-state index contributed by atoms with van der Waals surface area (Å²) >= 11 is 1.84. The summed E-state index contributed by atoms with van der Waals surface area (Å²) in [7, 11) is 0. The largest absolute Gasteiger partial charge is 0.381 e. The van der Waals surface area contributed by atoms with Crippen LogP contribution < -0.4 is 0 Å². The molecule has 0 saturated heterocycles. The van der Waals surface area contributed by atoms with Crippen molar-refractivity contribution in [2.24, 2.45) is 11.8 Å². The molecule has 0 unspecified atom stereocenters. The predicted octanol–water partition coefficient (Wildman–Crippen LogP) is 3.00. The molecule has 118 valence electrons. The number of fused-ring (bicyclic) bond motifs is 1. The Morgan fingerprint density at radius 1 is 1.18 bits per heavy atom. The summed E-state index contributed by atoms with van der Waals surface area (Å²) in [5, 5.41) is 6.65. The molecule has 0 spiro atoms. The van der Waals surface area contributed by atoms with Crippen LogP contribution in [0.15, 0.2) is 29.8 Å². The highest BCUT2D eigenvalue weighted by Gasteiger charge is 2.25. The van der Waals surface area contributed by atoms with Crippen LogP contribution in [0, 0.1) is 11.8 Å².